The Bertz CT molecular complexity index is 688. The predicted octanol–water partition coefficient (Wildman–Crippen LogP) is 2.88. The number of nitrogens with zero attached hydrogens (tertiary/aromatic N) is 2. The number of hydrogen-bond donors (Lipinski definition) is 1. The zero-order valence-electron chi connectivity index (χ0n) is 11.1. The molecule has 0 amide bonds. The fourth-order valence-corrected chi connectivity index (χ4v) is 2.04. The molecule has 0 aliphatic heterocycles. The molecule has 0 aliphatic rings. The van der Waals surface area contributed by atoms with Crippen molar-refractivity contribution in [2.24, 2.45) is 5.73 Å². The number of benzene rings is 1. The summed E-state index contributed by atoms with van der Waals surface area (Å²) < 4.78 is 10.6. The molecule has 20 heavy (non-hydrogen) atoms. The second kappa shape index (κ2) is 5.30. The van der Waals surface area contributed by atoms with E-state index in [1.165, 1.54) is 0 Å². The average Bonchev–Trinajstić information content (AvgIpc) is 3.08. The van der Waals surface area contributed by atoms with Crippen LogP contribution in [0.3, 0.4) is 0 Å². The largest absolute Gasteiger partial charge is 0.461 e. The normalized spacial score (nSPS) is 12.5. The van der Waals surface area contributed by atoms with Crippen LogP contribution in [0, 0.1) is 6.92 Å². The summed E-state index contributed by atoms with van der Waals surface area (Å²) in [6.45, 7) is 1.93. The molecule has 2 aromatic heterocycles. The van der Waals surface area contributed by atoms with E-state index < -0.39 is 0 Å². The molecule has 0 spiro atoms. The first-order chi connectivity index (χ1) is 9.74. The van der Waals surface area contributed by atoms with Crippen molar-refractivity contribution in [2.45, 2.75) is 19.4 Å². The standard InChI is InChI=1S/C15H15N3O2/c1-10-7-8-19-13(10)14-17-15(20-18-14)12(16)9-11-5-3-2-4-6-11/h2-8,12H,9,16H2,1H3/t12-/m1/s1. The maximum absolute atomic E-state index is 6.10. The summed E-state index contributed by atoms with van der Waals surface area (Å²) in [4.78, 5) is 4.31. The molecule has 1 aromatic carbocycles. The van der Waals surface area contributed by atoms with Crippen LogP contribution in [0.5, 0.6) is 0 Å². The molecule has 0 saturated carbocycles. The van der Waals surface area contributed by atoms with Gasteiger partial charge >= 0.3 is 0 Å². The van der Waals surface area contributed by atoms with Gasteiger partial charge in [-0.3, -0.25) is 0 Å². The predicted molar refractivity (Wildman–Crippen MR) is 73.8 cm³/mol. The molecule has 0 bridgehead atoms. The van der Waals surface area contributed by atoms with Crippen molar-refractivity contribution < 1.29 is 8.94 Å². The van der Waals surface area contributed by atoms with Gasteiger partial charge in [-0.1, -0.05) is 35.5 Å². The summed E-state index contributed by atoms with van der Waals surface area (Å²) >= 11 is 0. The van der Waals surface area contributed by atoms with E-state index in [-0.39, 0.29) is 6.04 Å². The average molecular weight is 269 g/mol. The highest BCUT2D eigenvalue weighted by Crippen LogP contribution is 2.23. The maximum atomic E-state index is 6.10. The third kappa shape index (κ3) is 2.48. The smallest absolute Gasteiger partial charge is 0.244 e. The lowest BCUT2D eigenvalue weighted by Gasteiger charge is -2.05. The molecule has 5 nitrogen and oxygen atoms in total. The number of hydrogen-bond acceptors (Lipinski definition) is 5. The molecule has 0 fully saturated rings. The molecule has 0 saturated heterocycles. The first-order valence-corrected chi connectivity index (χ1v) is 6.41. The summed E-state index contributed by atoms with van der Waals surface area (Å²) in [6, 6.07) is 11.5. The van der Waals surface area contributed by atoms with Crippen LogP contribution in [0.25, 0.3) is 11.6 Å². The van der Waals surface area contributed by atoms with Gasteiger partial charge in [-0.2, -0.15) is 4.98 Å². The maximum Gasteiger partial charge on any atom is 0.244 e. The Balaban J connectivity index is 1.78. The van der Waals surface area contributed by atoms with Crippen molar-refractivity contribution in [2.75, 3.05) is 0 Å². The number of nitrogens with two attached hydrogens (primary N) is 1. The summed E-state index contributed by atoms with van der Waals surface area (Å²) in [6.07, 6.45) is 2.25. The third-order valence-corrected chi connectivity index (χ3v) is 3.12. The molecule has 0 unspecified atom stereocenters. The molecule has 3 rings (SSSR count). The Morgan fingerprint density at radius 2 is 2.00 bits per heavy atom. The van der Waals surface area contributed by atoms with Gasteiger partial charge in [0.05, 0.1) is 12.3 Å². The minimum atomic E-state index is -0.325. The Hall–Kier alpha value is -2.40. The quantitative estimate of drug-likeness (QED) is 0.788. The Morgan fingerprint density at radius 1 is 1.20 bits per heavy atom. The van der Waals surface area contributed by atoms with Gasteiger partial charge in [0.25, 0.3) is 0 Å². The van der Waals surface area contributed by atoms with Gasteiger partial charge < -0.3 is 14.7 Å². The summed E-state index contributed by atoms with van der Waals surface area (Å²) in [5.41, 5.74) is 8.20. The van der Waals surface area contributed by atoms with E-state index in [1.807, 2.05) is 43.3 Å². The van der Waals surface area contributed by atoms with E-state index in [0.29, 0.717) is 23.9 Å². The summed E-state index contributed by atoms with van der Waals surface area (Å²) in [5.74, 6) is 1.47. The van der Waals surface area contributed by atoms with Crippen molar-refractivity contribution in [3.8, 4) is 11.6 Å². The number of rotatable bonds is 4. The van der Waals surface area contributed by atoms with E-state index in [1.54, 1.807) is 6.26 Å². The van der Waals surface area contributed by atoms with E-state index in [0.717, 1.165) is 11.1 Å². The second-order valence-corrected chi connectivity index (χ2v) is 4.69. The molecule has 0 aliphatic carbocycles. The van der Waals surface area contributed by atoms with Crippen LogP contribution < -0.4 is 5.73 Å². The molecule has 102 valence electrons. The van der Waals surface area contributed by atoms with Crippen LogP contribution in [0.2, 0.25) is 0 Å². The van der Waals surface area contributed by atoms with Crippen molar-refractivity contribution in [3.63, 3.8) is 0 Å². The first-order valence-electron chi connectivity index (χ1n) is 6.41. The lowest BCUT2D eigenvalue weighted by atomic mass is 10.1. The van der Waals surface area contributed by atoms with Crippen LogP contribution in [-0.4, -0.2) is 10.1 Å². The van der Waals surface area contributed by atoms with Crippen molar-refractivity contribution in [3.05, 3.63) is 59.7 Å². The molecule has 0 radical (unpaired) electrons. The van der Waals surface area contributed by atoms with Crippen molar-refractivity contribution in [1.29, 1.82) is 0 Å². The third-order valence-electron chi connectivity index (χ3n) is 3.12. The van der Waals surface area contributed by atoms with Gasteiger partial charge in [0.1, 0.15) is 0 Å². The van der Waals surface area contributed by atoms with Crippen LogP contribution >= 0.6 is 0 Å². The summed E-state index contributed by atoms with van der Waals surface area (Å²) in [5, 5.41) is 3.92. The zero-order valence-corrected chi connectivity index (χ0v) is 11.1. The van der Waals surface area contributed by atoms with Crippen molar-refractivity contribution >= 4 is 0 Å². The highest BCUT2D eigenvalue weighted by atomic mass is 16.5. The first kappa shape index (κ1) is 12.6. The van der Waals surface area contributed by atoms with Gasteiger partial charge in [-0.25, -0.2) is 0 Å². The molecule has 2 heterocycles. The molecule has 2 N–H and O–H groups in total. The van der Waals surface area contributed by atoms with Gasteiger partial charge in [0.2, 0.25) is 11.7 Å². The fraction of sp³-hybridized carbons (Fsp3) is 0.200. The van der Waals surface area contributed by atoms with E-state index in [2.05, 4.69) is 10.1 Å². The lowest BCUT2D eigenvalue weighted by molar-refractivity contribution is 0.353. The number of aryl methyl sites for hydroxylation is 1. The molecular weight excluding hydrogens is 254 g/mol. The van der Waals surface area contributed by atoms with Gasteiger partial charge in [-0.05, 0) is 30.5 Å². The van der Waals surface area contributed by atoms with Crippen LogP contribution in [0.4, 0.5) is 0 Å². The van der Waals surface area contributed by atoms with Crippen LogP contribution in [0.1, 0.15) is 23.1 Å². The Morgan fingerprint density at radius 3 is 2.70 bits per heavy atom. The molecule has 5 heteroatoms. The molecular formula is C15H15N3O2. The van der Waals surface area contributed by atoms with Crippen molar-refractivity contribution in [1.82, 2.24) is 10.1 Å². The van der Waals surface area contributed by atoms with Crippen LogP contribution in [0.15, 0.2) is 51.6 Å². The Labute approximate surface area is 116 Å². The van der Waals surface area contributed by atoms with E-state index in [4.69, 9.17) is 14.7 Å². The fourth-order valence-electron chi connectivity index (χ4n) is 2.04. The Kier molecular flexibility index (Phi) is 3.35. The number of furan rings is 1. The highest BCUT2D eigenvalue weighted by molar-refractivity contribution is 5.51. The highest BCUT2D eigenvalue weighted by Gasteiger charge is 2.18. The monoisotopic (exact) mass is 269 g/mol. The van der Waals surface area contributed by atoms with E-state index >= 15 is 0 Å². The van der Waals surface area contributed by atoms with Gasteiger partial charge in [0.15, 0.2) is 5.76 Å². The van der Waals surface area contributed by atoms with E-state index in [9.17, 15) is 0 Å². The number of aromatic nitrogens is 2. The zero-order chi connectivity index (χ0) is 13.9. The molecule has 1 atom stereocenters. The summed E-state index contributed by atoms with van der Waals surface area (Å²) in [7, 11) is 0. The SMILES string of the molecule is Cc1ccoc1-c1noc([C@H](N)Cc2ccccc2)n1. The topological polar surface area (TPSA) is 78.1 Å². The molecule has 3 aromatic rings. The lowest BCUT2D eigenvalue weighted by Crippen LogP contribution is -2.13. The minimum absolute atomic E-state index is 0.325. The van der Waals surface area contributed by atoms with Gasteiger partial charge in [0, 0.05) is 0 Å². The minimum Gasteiger partial charge on any atom is -0.461 e. The van der Waals surface area contributed by atoms with Crippen LogP contribution in [-0.2, 0) is 6.42 Å². The second-order valence-electron chi connectivity index (χ2n) is 4.69. The van der Waals surface area contributed by atoms with Gasteiger partial charge in [-0.15, -0.1) is 0 Å².